The number of fused-ring (bicyclic) bond motifs is 1. The van der Waals surface area contributed by atoms with Gasteiger partial charge in [0.25, 0.3) is 5.56 Å². The molecule has 3 heterocycles. The number of hydrogen-bond acceptors (Lipinski definition) is 6. The molecular weight excluding hydrogens is 472 g/mol. The number of nitrogens with one attached hydrogen (secondary N) is 1. The summed E-state index contributed by atoms with van der Waals surface area (Å²) in [7, 11) is 3.04. The van der Waals surface area contributed by atoms with Crippen molar-refractivity contribution in [2.24, 2.45) is 0 Å². The smallest absolute Gasteiger partial charge is 0.330 e. The lowest BCUT2D eigenvalue weighted by molar-refractivity contribution is 0.0982. The number of hydrogen-bond donors (Lipinski definition) is 1. The summed E-state index contributed by atoms with van der Waals surface area (Å²) < 4.78 is 20.0. The Hall–Kier alpha value is -3.56. The maximum absolute atomic E-state index is 13.1. The summed E-state index contributed by atoms with van der Waals surface area (Å²) in [4.78, 5) is 33.2. The Bertz CT molecular complexity index is 1490. The molecule has 0 aliphatic carbocycles. The van der Waals surface area contributed by atoms with Crippen LogP contribution in [-0.2, 0) is 17.8 Å². The molecule has 0 spiro atoms. The third kappa shape index (κ3) is 4.33. The molecule has 1 fully saturated rings. The van der Waals surface area contributed by atoms with Crippen LogP contribution in [0.1, 0.15) is 18.4 Å². The van der Waals surface area contributed by atoms with Crippen LogP contribution < -0.4 is 20.7 Å². The number of halogens is 1. The average Bonchev–Trinajstić information content (AvgIpc) is 3.50. The minimum Gasteiger partial charge on any atom is -0.493 e. The lowest BCUT2D eigenvalue weighted by atomic mass is 10.1. The van der Waals surface area contributed by atoms with Gasteiger partial charge in [-0.1, -0.05) is 41.9 Å². The number of rotatable bonds is 7. The molecule has 0 amide bonds. The molecule has 182 valence electrons. The van der Waals surface area contributed by atoms with Crippen molar-refractivity contribution in [1.82, 2.24) is 19.1 Å². The van der Waals surface area contributed by atoms with Crippen molar-refractivity contribution in [3.63, 3.8) is 0 Å². The number of ether oxygens (including phenoxy) is 3. The van der Waals surface area contributed by atoms with E-state index in [1.54, 1.807) is 12.1 Å². The second-order valence-electron chi connectivity index (χ2n) is 8.38. The summed E-state index contributed by atoms with van der Waals surface area (Å²) in [6.45, 7) is 1.34. The van der Waals surface area contributed by atoms with Crippen molar-refractivity contribution in [3.8, 4) is 22.9 Å². The Kier molecular flexibility index (Phi) is 6.36. The molecule has 1 aliphatic heterocycles. The largest absolute Gasteiger partial charge is 0.493 e. The number of benzene rings is 2. The van der Waals surface area contributed by atoms with E-state index in [9.17, 15) is 9.59 Å². The first-order chi connectivity index (χ1) is 17.0. The lowest BCUT2D eigenvalue weighted by Crippen LogP contribution is -2.32. The van der Waals surface area contributed by atoms with E-state index >= 15 is 0 Å². The molecule has 1 aliphatic rings. The average molecular weight is 497 g/mol. The van der Waals surface area contributed by atoms with E-state index in [0.717, 1.165) is 18.4 Å². The number of aromatic nitrogens is 4. The number of imidazole rings is 1. The van der Waals surface area contributed by atoms with Gasteiger partial charge >= 0.3 is 5.69 Å². The van der Waals surface area contributed by atoms with Crippen molar-refractivity contribution < 1.29 is 14.2 Å². The predicted molar refractivity (Wildman–Crippen MR) is 133 cm³/mol. The molecule has 1 atom stereocenters. The monoisotopic (exact) mass is 496 g/mol. The van der Waals surface area contributed by atoms with Crippen LogP contribution in [0, 0.1) is 0 Å². The highest BCUT2D eigenvalue weighted by molar-refractivity contribution is 6.32. The van der Waals surface area contributed by atoms with Crippen LogP contribution in [0.5, 0.6) is 11.5 Å². The third-order valence-electron chi connectivity index (χ3n) is 6.17. The van der Waals surface area contributed by atoms with Gasteiger partial charge in [0.15, 0.2) is 22.7 Å². The van der Waals surface area contributed by atoms with E-state index in [2.05, 4.69) is 4.98 Å². The molecule has 35 heavy (non-hydrogen) atoms. The van der Waals surface area contributed by atoms with Crippen molar-refractivity contribution >= 4 is 22.8 Å². The fourth-order valence-electron chi connectivity index (χ4n) is 4.52. The topological polar surface area (TPSA) is 100 Å². The first kappa shape index (κ1) is 23.2. The van der Waals surface area contributed by atoms with Gasteiger partial charge in [0.2, 0.25) is 0 Å². The number of H-pyrrole nitrogens is 1. The van der Waals surface area contributed by atoms with E-state index in [1.807, 2.05) is 34.9 Å². The van der Waals surface area contributed by atoms with Crippen molar-refractivity contribution in [1.29, 1.82) is 0 Å². The molecule has 0 saturated carbocycles. The first-order valence-electron chi connectivity index (χ1n) is 11.3. The van der Waals surface area contributed by atoms with Crippen LogP contribution in [0.3, 0.4) is 0 Å². The van der Waals surface area contributed by atoms with Crippen LogP contribution in [0.25, 0.3) is 22.6 Å². The van der Waals surface area contributed by atoms with Crippen molar-refractivity contribution in [2.45, 2.75) is 32.0 Å². The fourth-order valence-corrected chi connectivity index (χ4v) is 4.81. The van der Waals surface area contributed by atoms with Gasteiger partial charge in [-0.2, -0.15) is 0 Å². The summed E-state index contributed by atoms with van der Waals surface area (Å²) in [5.41, 5.74) is 1.10. The van der Waals surface area contributed by atoms with Crippen LogP contribution in [0.2, 0.25) is 5.02 Å². The Labute approximate surface area is 205 Å². The van der Waals surface area contributed by atoms with Gasteiger partial charge in [0.05, 0.1) is 38.4 Å². The minimum absolute atomic E-state index is 0.0735. The van der Waals surface area contributed by atoms with E-state index < -0.39 is 11.2 Å². The summed E-state index contributed by atoms with van der Waals surface area (Å²) >= 11 is 6.49. The van der Waals surface area contributed by atoms with Gasteiger partial charge in [0, 0.05) is 12.2 Å². The zero-order chi connectivity index (χ0) is 24.5. The van der Waals surface area contributed by atoms with E-state index in [4.69, 9.17) is 30.8 Å². The highest BCUT2D eigenvalue weighted by Crippen LogP contribution is 2.39. The van der Waals surface area contributed by atoms with Crippen LogP contribution in [-0.4, -0.2) is 46.0 Å². The van der Waals surface area contributed by atoms with E-state index in [0.29, 0.717) is 52.2 Å². The Balaban J connectivity index is 1.76. The molecule has 0 radical (unpaired) electrons. The van der Waals surface area contributed by atoms with Crippen molar-refractivity contribution in [3.05, 3.63) is 73.9 Å². The fraction of sp³-hybridized carbons (Fsp3) is 0.320. The lowest BCUT2D eigenvalue weighted by Gasteiger charge is -2.15. The highest BCUT2D eigenvalue weighted by atomic mass is 35.5. The Morgan fingerprint density at radius 2 is 1.94 bits per heavy atom. The summed E-state index contributed by atoms with van der Waals surface area (Å²) in [6, 6.07) is 13.0. The molecule has 4 aromatic rings. The molecule has 0 bridgehead atoms. The molecule has 1 saturated heterocycles. The quantitative estimate of drug-likeness (QED) is 0.420. The van der Waals surface area contributed by atoms with Crippen molar-refractivity contribution in [2.75, 3.05) is 20.8 Å². The molecule has 10 heteroatoms. The van der Waals surface area contributed by atoms with Gasteiger partial charge in [-0.15, -0.1) is 0 Å². The molecule has 0 unspecified atom stereocenters. The summed E-state index contributed by atoms with van der Waals surface area (Å²) in [5.74, 6) is 1.32. The minimum atomic E-state index is -0.523. The van der Waals surface area contributed by atoms with Gasteiger partial charge in [0.1, 0.15) is 5.82 Å². The Morgan fingerprint density at radius 3 is 2.63 bits per heavy atom. The second kappa shape index (κ2) is 9.59. The number of methoxy groups -OCH3 is 2. The van der Waals surface area contributed by atoms with Crippen LogP contribution >= 0.6 is 11.6 Å². The maximum atomic E-state index is 13.1. The normalized spacial score (nSPS) is 15.6. The number of aromatic amines is 1. The molecule has 1 N–H and O–H groups in total. The van der Waals surface area contributed by atoms with Gasteiger partial charge in [-0.25, -0.2) is 9.78 Å². The SMILES string of the molecule is COc1cc(-c2nc3c(c(=O)[nH]c(=O)n3Cc3ccccc3)n2C[C@@H]2CCCO2)cc(Cl)c1OC. The predicted octanol–water partition coefficient (Wildman–Crippen LogP) is 3.45. The molecule has 2 aromatic carbocycles. The second-order valence-corrected chi connectivity index (χ2v) is 8.79. The highest BCUT2D eigenvalue weighted by Gasteiger charge is 2.25. The van der Waals surface area contributed by atoms with E-state index in [-0.39, 0.29) is 12.6 Å². The summed E-state index contributed by atoms with van der Waals surface area (Å²) in [5, 5.41) is 0.341. The third-order valence-corrected chi connectivity index (χ3v) is 6.45. The molecule has 2 aromatic heterocycles. The summed E-state index contributed by atoms with van der Waals surface area (Å²) in [6.07, 6.45) is 1.74. The standard InChI is InChI=1S/C25H25ClN4O5/c1-33-19-12-16(11-18(26)21(19)34-2)22-27-23-20(29(22)14-17-9-6-10-35-17)24(31)28-25(32)30(23)13-15-7-4-3-5-8-15/h3-5,7-8,11-12,17H,6,9-10,13-14H2,1-2H3,(H,28,31,32)/t17-/m0/s1. The molecule has 9 nitrogen and oxygen atoms in total. The number of nitrogens with zero attached hydrogens (tertiary/aromatic N) is 3. The van der Waals surface area contributed by atoms with Gasteiger partial charge in [-0.05, 0) is 30.5 Å². The van der Waals surface area contributed by atoms with E-state index in [1.165, 1.54) is 18.8 Å². The Morgan fingerprint density at radius 1 is 1.14 bits per heavy atom. The van der Waals surface area contributed by atoms with Gasteiger partial charge in [-0.3, -0.25) is 14.3 Å². The zero-order valence-electron chi connectivity index (χ0n) is 19.4. The zero-order valence-corrected chi connectivity index (χ0v) is 20.2. The van der Waals surface area contributed by atoms with Gasteiger partial charge < -0.3 is 18.8 Å². The van der Waals surface area contributed by atoms with Crippen LogP contribution in [0.4, 0.5) is 0 Å². The first-order valence-corrected chi connectivity index (χ1v) is 11.7. The van der Waals surface area contributed by atoms with Crippen LogP contribution in [0.15, 0.2) is 52.1 Å². The molecule has 5 rings (SSSR count). The maximum Gasteiger partial charge on any atom is 0.330 e. The molecular formula is C25H25ClN4O5.